The normalized spacial score (nSPS) is 29.8. The maximum Gasteiger partial charge on any atom is 0.227 e. The Balaban J connectivity index is 1.75. The number of carbonyl (C=O) groups excluding carboxylic acids is 1. The van der Waals surface area contributed by atoms with E-state index >= 15 is 0 Å². The zero-order valence-corrected chi connectivity index (χ0v) is 11.4. The van der Waals surface area contributed by atoms with Crippen LogP contribution in [0.15, 0.2) is 4.52 Å². The van der Waals surface area contributed by atoms with Crippen LogP contribution in [0, 0.1) is 13.8 Å². The van der Waals surface area contributed by atoms with Gasteiger partial charge in [-0.25, -0.2) is 0 Å². The molecule has 1 N–H and O–H groups in total. The SMILES string of the molecule is Cc1noc(C)c1CC(=O)N1C2CCC1CC(O)C2. The molecule has 0 spiro atoms. The van der Waals surface area contributed by atoms with Gasteiger partial charge in [0.25, 0.3) is 0 Å². The largest absolute Gasteiger partial charge is 0.393 e. The molecule has 0 radical (unpaired) electrons. The summed E-state index contributed by atoms with van der Waals surface area (Å²) in [5.41, 5.74) is 1.71. The molecular weight excluding hydrogens is 244 g/mol. The van der Waals surface area contributed by atoms with Crippen molar-refractivity contribution in [2.75, 3.05) is 0 Å². The van der Waals surface area contributed by atoms with Gasteiger partial charge in [-0.15, -0.1) is 0 Å². The van der Waals surface area contributed by atoms with Gasteiger partial charge in [0.15, 0.2) is 0 Å². The van der Waals surface area contributed by atoms with Crippen LogP contribution in [0.25, 0.3) is 0 Å². The zero-order valence-electron chi connectivity index (χ0n) is 11.4. The molecule has 2 saturated heterocycles. The molecule has 3 heterocycles. The first-order valence-corrected chi connectivity index (χ1v) is 6.97. The van der Waals surface area contributed by atoms with Gasteiger partial charge in [-0.05, 0) is 39.5 Å². The molecule has 1 amide bonds. The summed E-state index contributed by atoms with van der Waals surface area (Å²) in [4.78, 5) is 14.5. The summed E-state index contributed by atoms with van der Waals surface area (Å²) in [7, 11) is 0. The van der Waals surface area contributed by atoms with Gasteiger partial charge in [0, 0.05) is 17.6 Å². The summed E-state index contributed by atoms with van der Waals surface area (Å²) in [5.74, 6) is 0.879. The van der Waals surface area contributed by atoms with E-state index in [1.165, 1.54) is 0 Å². The van der Waals surface area contributed by atoms with Crippen LogP contribution in [0.4, 0.5) is 0 Å². The van der Waals surface area contributed by atoms with Crippen molar-refractivity contribution < 1.29 is 14.4 Å². The van der Waals surface area contributed by atoms with E-state index in [1.54, 1.807) is 0 Å². The van der Waals surface area contributed by atoms with Crippen molar-refractivity contribution >= 4 is 5.91 Å². The number of piperidine rings is 1. The second kappa shape index (κ2) is 4.63. The summed E-state index contributed by atoms with van der Waals surface area (Å²) in [6.07, 6.45) is 3.63. The fraction of sp³-hybridized carbons (Fsp3) is 0.714. The Bertz CT molecular complexity index is 463. The van der Waals surface area contributed by atoms with Gasteiger partial charge >= 0.3 is 0 Å². The van der Waals surface area contributed by atoms with Crippen molar-refractivity contribution in [1.82, 2.24) is 10.1 Å². The first-order valence-electron chi connectivity index (χ1n) is 6.97. The van der Waals surface area contributed by atoms with Crippen LogP contribution >= 0.6 is 0 Å². The molecule has 1 aromatic heterocycles. The predicted octanol–water partition coefficient (Wildman–Crippen LogP) is 1.35. The van der Waals surface area contributed by atoms with Crippen LogP contribution in [-0.2, 0) is 11.2 Å². The number of aliphatic hydroxyl groups is 1. The van der Waals surface area contributed by atoms with Crippen LogP contribution in [0.5, 0.6) is 0 Å². The molecule has 19 heavy (non-hydrogen) atoms. The molecule has 2 aliphatic rings. The third kappa shape index (κ3) is 2.16. The van der Waals surface area contributed by atoms with Gasteiger partial charge in [0.05, 0.1) is 18.2 Å². The van der Waals surface area contributed by atoms with E-state index in [0.29, 0.717) is 6.42 Å². The lowest BCUT2D eigenvalue weighted by Gasteiger charge is -2.37. The Hall–Kier alpha value is -1.36. The lowest BCUT2D eigenvalue weighted by atomic mass is 9.98. The van der Waals surface area contributed by atoms with Gasteiger partial charge < -0.3 is 14.5 Å². The summed E-state index contributed by atoms with van der Waals surface area (Å²) in [6.45, 7) is 3.71. The van der Waals surface area contributed by atoms with E-state index in [9.17, 15) is 9.90 Å². The van der Waals surface area contributed by atoms with Crippen LogP contribution in [0.2, 0.25) is 0 Å². The number of fused-ring (bicyclic) bond motifs is 2. The van der Waals surface area contributed by atoms with Gasteiger partial charge in [-0.1, -0.05) is 5.16 Å². The minimum absolute atomic E-state index is 0.147. The Morgan fingerprint density at radius 3 is 2.53 bits per heavy atom. The summed E-state index contributed by atoms with van der Waals surface area (Å²) < 4.78 is 5.11. The highest BCUT2D eigenvalue weighted by molar-refractivity contribution is 5.80. The van der Waals surface area contributed by atoms with Crippen LogP contribution in [-0.4, -0.2) is 39.3 Å². The highest BCUT2D eigenvalue weighted by Gasteiger charge is 2.42. The lowest BCUT2D eigenvalue weighted by Crippen LogP contribution is -2.48. The van der Waals surface area contributed by atoms with Gasteiger partial charge in [0.1, 0.15) is 5.76 Å². The van der Waals surface area contributed by atoms with Crippen molar-refractivity contribution in [3.8, 4) is 0 Å². The number of aryl methyl sites for hydroxylation is 2. The van der Waals surface area contributed by atoms with Crippen LogP contribution < -0.4 is 0 Å². The maximum absolute atomic E-state index is 12.5. The number of hydrogen-bond acceptors (Lipinski definition) is 4. The molecule has 0 aliphatic carbocycles. The molecule has 5 nitrogen and oxygen atoms in total. The number of rotatable bonds is 2. The number of aromatic nitrogens is 1. The Labute approximate surface area is 112 Å². The Morgan fingerprint density at radius 2 is 2.00 bits per heavy atom. The lowest BCUT2D eigenvalue weighted by molar-refractivity contribution is -0.136. The second-order valence-electron chi connectivity index (χ2n) is 5.79. The highest BCUT2D eigenvalue weighted by atomic mass is 16.5. The van der Waals surface area contributed by atoms with Crippen molar-refractivity contribution in [2.24, 2.45) is 0 Å². The molecule has 104 valence electrons. The molecule has 2 bridgehead atoms. The fourth-order valence-corrected chi connectivity index (χ4v) is 3.55. The first kappa shape index (κ1) is 12.7. The Kier molecular flexibility index (Phi) is 3.09. The van der Waals surface area contributed by atoms with Crippen molar-refractivity contribution in [3.05, 3.63) is 17.0 Å². The standard InChI is InChI=1S/C14H20N2O3/c1-8-13(9(2)19-15-8)7-14(18)16-10-3-4-11(16)6-12(17)5-10/h10-12,17H,3-7H2,1-2H3. The number of carbonyl (C=O) groups is 1. The Morgan fingerprint density at radius 1 is 1.37 bits per heavy atom. The van der Waals surface area contributed by atoms with E-state index in [1.807, 2.05) is 18.7 Å². The van der Waals surface area contributed by atoms with Crippen molar-refractivity contribution in [2.45, 2.75) is 64.1 Å². The fourth-order valence-electron chi connectivity index (χ4n) is 3.55. The second-order valence-corrected chi connectivity index (χ2v) is 5.79. The third-order valence-electron chi connectivity index (χ3n) is 4.51. The van der Waals surface area contributed by atoms with E-state index in [-0.39, 0.29) is 24.1 Å². The average Bonchev–Trinajstić information content (AvgIpc) is 2.81. The number of hydrogen-bond donors (Lipinski definition) is 1. The first-order chi connectivity index (χ1) is 9.06. The monoisotopic (exact) mass is 264 g/mol. The maximum atomic E-state index is 12.5. The molecule has 2 aliphatic heterocycles. The molecule has 1 aromatic rings. The smallest absolute Gasteiger partial charge is 0.227 e. The molecule has 2 fully saturated rings. The van der Waals surface area contributed by atoms with Crippen molar-refractivity contribution in [3.63, 3.8) is 0 Å². The topological polar surface area (TPSA) is 66.6 Å². The predicted molar refractivity (Wildman–Crippen MR) is 68.6 cm³/mol. The third-order valence-corrected chi connectivity index (χ3v) is 4.51. The van der Waals surface area contributed by atoms with E-state index in [2.05, 4.69) is 5.16 Å². The summed E-state index contributed by atoms with van der Waals surface area (Å²) in [5, 5.41) is 13.7. The quantitative estimate of drug-likeness (QED) is 0.875. The van der Waals surface area contributed by atoms with E-state index in [4.69, 9.17) is 4.52 Å². The number of amides is 1. The minimum atomic E-state index is -0.236. The zero-order chi connectivity index (χ0) is 13.6. The number of aliphatic hydroxyl groups excluding tert-OH is 1. The average molecular weight is 264 g/mol. The minimum Gasteiger partial charge on any atom is -0.393 e. The van der Waals surface area contributed by atoms with Gasteiger partial charge in [0.2, 0.25) is 5.91 Å². The summed E-state index contributed by atoms with van der Waals surface area (Å²) >= 11 is 0. The molecule has 5 heteroatoms. The molecule has 0 aromatic carbocycles. The van der Waals surface area contributed by atoms with Gasteiger partial charge in [-0.3, -0.25) is 4.79 Å². The molecule has 2 atom stereocenters. The van der Waals surface area contributed by atoms with E-state index < -0.39 is 0 Å². The van der Waals surface area contributed by atoms with E-state index in [0.717, 1.165) is 42.7 Å². The summed E-state index contributed by atoms with van der Waals surface area (Å²) in [6, 6.07) is 0.448. The molecule has 0 saturated carbocycles. The molecular formula is C14H20N2O3. The van der Waals surface area contributed by atoms with Gasteiger partial charge in [-0.2, -0.15) is 0 Å². The van der Waals surface area contributed by atoms with Crippen molar-refractivity contribution in [1.29, 1.82) is 0 Å². The molecule has 3 rings (SSSR count). The van der Waals surface area contributed by atoms with Crippen LogP contribution in [0.3, 0.4) is 0 Å². The number of nitrogens with zero attached hydrogens (tertiary/aromatic N) is 2. The molecule has 2 unspecified atom stereocenters. The van der Waals surface area contributed by atoms with Crippen LogP contribution in [0.1, 0.15) is 42.7 Å². The highest BCUT2D eigenvalue weighted by Crippen LogP contribution is 2.36.